The molecule has 0 aliphatic carbocycles. The Kier molecular flexibility index (Phi) is 43.7. The number of allylic oxidation sites excluding steroid dienone is 3. The van der Waals surface area contributed by atoms with Crippen LogP contribution in [-0.4, -0.2) is 321 Å². The molecule has 0 aromatic carbocycles. The van der Waals surface area contributed by atoms with E-state index in [1.165, 1.54) is 89.5 Å². The summed E-state index contributed by atoms with van der Waals surface area (Å²) >= 11 is 0. The minimum atomic E-state index is -3.38. The highest BCUT2D eigenvalue weighted by Gasteiger charge is 2.62. The van der Waals surface area contributed by atoms with Gasteiger partial charge in [0.1, 0.15) is 116 Å². The molecule has 5 saturated heterocycles. The number of rotatable bonds is 51. The molecule has 3 amide bonds. The van der Waals surface area contributed by atoms with Crippen molar-refractivity contribution in [3.63, 3.8) is 0 Å². The predicted octanol–water partition coefficient (Wildman–Crippen LogP) is -1.27. The number of unbranched alkanes of at least 4 members (excludes halogenated alkanes) is 22. The molecule has 5 aliphatic rings. The summed E-state index contributed by atoms with van der Waals surface area (Å²) in [6, 6.07) is -4.82. The minimum Gasteiger partial charge on any atom is -0.477 e. The van der Waals surface area contributed by atoms with E-state index in [0.29, 0.717) is 12.8 Å². The van der Waals surface area contributed by atoms with Crippen molar-refractivity contribution in [2.45, 2.75) is 372 Å². The Morgan fingerprint density at radius 1 is 0.486 bits per heavy atom. The molecule has 0 aromatic rings. The van der Waals surface area contributed by atoms with Crippen molar-refractivity contribution in [1.82, 2.24) is 16.0 Å². The van der Waals surface area contributed by atoms with Crippen molar-refractivity contribution in [3.8, 4) is 0 Å². The van der Waals surface area contributed by atoms with Gasteiger partial charge in [-0.15, -0.1) is 0 Å². The molecule has 5 rings (SSSR count). The van der Waals surface area contributed by atoms with Crippen LogP contribution in [0.2, 0.25) is 0 Å². The maximum Gasteiger partial charge on any atom is 0.364 e. The summed E-state index contributed by atoms with van der Waals surface area (Å²) in [7, 11) is 0. The van der Waals surface area contributed by atoms with Crippen LogP contribution in [0.5, 0.6) is 0 Å². The third-order valence-electron chi connectivity index (χ3n) is 20.2. The van der Waals surface area contributed by atoms with Crippen molar-refractivity contribution < 1.29 is 153 Å². The van der Waals surface area contributed by atoms with Crippen LogP contribution in [0, 0.1) is 0 Å². The number of carbonyl (C=O) groups excluding carboxylic acids is 3. The van der Waals surface area contributed by atoms with Gasteiger partial charge in [-0.05, 0) is 44.9 Å². The van der Waals surface area contributed by atoms with Gasteiger partial charge in [0, 0.05) is 26.7 Å². The first-order valence-electron chi connectivity index (χ1n) is 38.7. The largest absolute Gasteiger partial charge is 0.477 e. The topological polar surface area (TPSA) is 541 Å². The smallest absolute Gasteiger partial charge is 0.364 e. The summed E-state index contributed by atoms with van der Waals surface area (Å²) in [6.07, 6.45) is -15.6. The number of hydrogen-bond acceptors (Lipinski definition) is 30. The molecule has 34 heteroatoms. The molecule has 622 valence electrons. The van der Waals surface area contributed by atoms with Crippen LogP contribution in [0.4, 0.5) is 0 Å². The van der Waals surface area contributed by atoms with E-state index in [0.717, 1.165) is 78.1 Å². The Bertz CT molecular complexity index is 2550. The molecule has 0 aromatic heterocycles. The lowest BCUT2D eigenvalue weighted by molar-refractivity contribution is -0.403. The molecule has 5 heterocycles. The zero-order valence-electron chi connectivity index (χ0n) is 62.6. The van der Waals surface area contributed by atoms with Gasteiger partial charge in [0.2, 0.25) is 17.7 Å². The number of amides is 3. The number of nitrogens with one attached hydrogen (secondary N) is 3. The van der Waals surface area contributed by atoms with Gasteiger partial charge >= 0.3 is 5.97 Å². The van der Waals surface area contributed by atoms with Gasteiger partial charge in [-0.2, -0.15) is 0 Å². The fourth-order valence-electron chi connectivity index (χ4n) is 14.0. The highest BCUT2D eigenvalue weighted by molar-refractivity contribution is 5.77. The first kappa shape index (κ1) is 93.9. The van der Waals surface area contributed by atoms with Crippen LogP contribution < -0.4 is 16.0 Å². The average molecular weight is 1540 g/mol. The quantitative estimate of drug-likeness (QED) is 0.0249. The number of hydrogen-bond donors (Lipinski definition) is 20. The Hall–Kier alpha value is -3.68. The molecule has 20 N–H and O–H groups in total. The van der Waals surface area contributed by atoms with Crippen molar-refractivity contribution >= 4 is 23.7 Å². The first-order chi connectivity index (χ1) is 51.3. The number of carboxylic acid groups (broad SMARTS) is 1. The molecule has 5 fully saturated rings. The molecule has 34 nitrogen and oxygen atoms in total. The fourth-order valence-corrected chi connectivity index (χ4v) is 14.0. The highest BCUT2D eigenvalue weighted by Crippen LogP contribution is 2.41. The van der Waals surface area contributed by atoms with E-state index < -0.39 is 241 Å². The second-order valence-corrected chi connectivity index (χ2v) is 28.9. The van der Waals surface area contributed by atoms with E-state index in [-0.39, 0.29) is 6.42 Å². The number of carboxylic acids is 1. The van der Waals surface area contributed by atoms with Gasteiger partial charge in [0.25, 0.3) is 5.79 Å². The molecule has 0 spiro atoms. The number of ether oxygens (including phenoxy) is 10. The van der Waals surface area contributed by atoms with Crippen LogP contribution >= 0.6 is 0 Å². The summed E-state index contributed by atoms with van der Waals surface area (Å²) in [5, 5.41) is 197. The lowest BCUT2D eigenvalue weighted by Gasteiger charge is -2.52. The van der Waals surface area contributed by atoms with Gasteiger partial charge in [-0.3, -0.25) is 14.4 Å². The number of aliphatic hydroxyl groups is 16. The maximum atomic E-state index is 13.8. The van der Waals surface area contributed by atoms with Crippen LogP contribution in [0.3, 0.4) is 0 Å². The minimum absolute atomic E-state index is 0.121. The average Bonchev–Trinajstić information content (AvgIpc) is 0.754. The molecular weight excluding hydrogens is 1410 g/mol. The third kappa shape index (κ3) is 29.0. The first-order valence-corrected chi connectivity index (χ1v) is 38.7. The summed E-state index contributed by atoms with van der Waals surface area (Å²) in [5.41, 5.74) is 0. The van der Waals surface area contributed by atoms with E-state index in [9.17, 15) is 106 Å². The van der Waals surface area contributed by atoms with Crippen molar-refractivity contribution in [1.29, 1.82) is 0 Å². The molecule has 0 saturated carbocycles. The normalized spacial score (nSPS) is 34.7. The standard InChI is InChI=1S/C73H129N3O31/c1-5-7-9-11-13-15-17-19-20-22-24-26-28-30-32-34-52(87)76-44(45(84)33-31-29-27-25-23-21-18-16-14-12-10-8-6-2)41-98-69-61(94)59(92)63(50(39-80)101-69)103-71-62(95)67(107-73(72(96)97)35-46(85)53(74-42(3)82)66(106-73)55(88)47(86)36-77)64(51(40-81)102-71)104-68-54(75-43(4)83)65(57(90)49(38-79)99-68)105-70-60(93)58(91)56(89)48(37-78)100-70/h19-20,31,33,44-51,53-71,77-81,84-86,88-95H,5-18,21-30,32,34-41H2,1-4H3,(H,74,82)(H,75,83)(H,76,87)(H,96,97). The number of carbonyl (C=O) groups is 4. The Morgan fingerprint density at radius 2 is 0.935 bits per heavy atom. The van der Waals surface area contributed by atoms with Gasteiger partial charge in [-0.25, -0.2) is 4.79 Å². The third-order valence-corrected chi connectivity index (χ3v) is 20.2. The van der Waals surface area contributed by atoms with Crippen molar-refractivity contribution in [2.75, 3.05) is 39.6 Å². The fraction of sp³-hybridized carbons (Fsp3) is 0.890. The van der Waals surface area contributed by atoms with E-state index in [1.54, 1.807) is 0 Å². The Labute approximate surface area is 627 Å². The number of aliphatic hydroxyl groups excluding tert-OH is 16. The Morgan fingerprint density at radius 3 is 1.47 bits per heavy atom. The predicted molar refractivity (Wildman–Crippen MR) is 378 cm³/mol. The summed E-state index contributed by atoms with van der Waals surface area (Å²) < 4.78 is 60.1. The zero-order chi connectivity index (χ0) is 78.8. The van der Waals surface area contributed by atoms with E-state index in [1.807, 2.05) is 6.08 Å². The Balaban J connectivity index is 1.40. The number of aliphatic carboxylic acids is 1. The van der Waals surface area contributed by atoms with Crippen molar-refractivity contribution in [2.24, 2.45) is 0 Å². The highest BCUT2D eigenvalue weighted by atomic mass is 16.8. The molecule has 28 atom stereocenters. The van der Waals surface area contributed by atoms with Crippen LogP contribution in [0.25, 0.3) is 0 Å². The molecule has 0 radical (unpaired) electrons. The van der Waals surface area contributed by atoms with Gasteiger partial charge < -0.3 is 150 Å². The van der Waals surface area contributed by atoms with Gasteiger partial charge in [0.15, 0.2) is 25.2 Å². The lowest BCUT2D eigenvalue weighted by Crippen LogP contribution is -2.72. The van der Waals surface area contributed by atoms with Crippen LogP contribution in [0.1, 0.15) is 201 Å². The van der Waals surface area contributed by atoms with Crippen molar-refractivity contribution in [3.05, 3.63) is 24.3 Å². The molecule has 5 aliphatic heterocycles. The molecular formula is C73H129N3O31. The van der Waals surface area contributed by atoms with Gasteiger partial charge in [0.05, 0.1) is 63.9 Å². The van der Waals surface area contributed by atoms with E-state index in [4.69, 9.17) is 47.4 Å². The maximum absolute atomic E-state index is 13.8. The monoisotopic (exact) mass is 1540 g/mol. The molecule has 28 unspecified atom stereocenters. The van der Waals surface area contributed by atoms with Crippen LogP contribution in [0.15, 0.2) is 24.3 Å². The summed E-state index contributed by atoms with van der Waals surface area (Å²) in [6.45, 7) is 0.287. The van der Waals surface area contributed by atoms with Crippen LogP contribution in [-0.2, 0) is 66.5 Å². The molecule has 0 bridgehead atoms. The zero-order valence-corrected chi connectivity index (χ0v) is 62.6. The second-order valence-electron chi connectivity index (χ2n) is 28.9. The van der Waals surface area contributed by atoms with E-state index in [2.05, 4.69) is 41.9 Å². The SMILES string of the molecule is CCCCCCCCC=CCCCCCCCC(=O)NC(COC1OC(CO)C(OC2OC(CO)C(OC3OC(CO)C(O)C(OC4OC(CO)C(O)C(O)C4O)C3NC(C)=O)C(OC3(C(=O)O)CC(O)C(NC(C)=O)C(C(O)C(O)CO)O3)C2O)C(O)C1O)C(O)C=CCCCCCCCCCCCCC. The van der Waals surface area contributed by atoms with E-state index >= 15 is 0 Å². The molecule has 107 heavy (non-hydrogen) atoms. The second kappa shape index (κ2) is 49.7. The summed E-state index contributed by atoms with van der Waals surface area (Å²) in [4.78, 5) is 53.0. The van der Waals surface area contributed by atoms with Gasteiger partial charge in [-0.1, -0.05) is 154 Å². The summed E-state index contributed by atoms with van der Waals surface area (Å²) in [5.74, 6) is -7.72. The lowest BCUT2D eigenvalue weighted by atomic mass is 9.88.